The number of hydrogen-bond acceptors (Lipinski definition) is 5. The van der Waals surface area contributed by atoms with Gasteiger partial charge < -0.3 is 9.84 Å². The molecule has 1 atom stereocenters. The lowest BCUT2D eigenvalue weighted by molar-refractivity contribution is -0.147. The third-order valence-corrected chi connectivity index (χ3v) is 5.32. The van der Waals surface area contributed by atoms with Crippen LogP contribution in [0.5, 0.6) is 0 Å². The Bertz CT molecular complexity index is 661. The van der Waals surface area contributed by atoms with E-state index in [0.717, 1.165) is 7.11 Å². The highest BCUT2D eigenvalue weighted by Gasteiger charge is 2.29. The summed E-state index contributed by atoms with van der Waals surface area (Å²) in [5.41, 5.74) is 0. The number of carboxylic acid groups (broad SMARTS) is 1. The number of aliphatic carboxylic acids is 1. The summed E-state index contributed by atoms with van der Waals surface area (Å²) in [7, 11) is -3.03. The number of carbonyl (C=O) groups is 2. The lowest BCUT2D eigenvalue weighted by Gasteiger charge is -2.14. The molecule has 0 radical (unpaired) electrons. The first-order valence-electron chi connectivity index (χ1n) is 5.44. The van der Waals surface area contributed by atoms with E-state index in [2.05, 4.69) is 36.6 Å². The molecule has 0 aromatic heterocycles. The van der Waals surface area contributed by atoms with E-state index in [4.69, 9.17) is 5.11 Å². The molecule has 1 aromatic carbocycles. The minimum absolute atomic E-state index is 0.137. The molecule has 0 fully saturated rings. The summed E-state index contributed by atoms with van der Waals surface area (Å²) >= 11 is 6.26. The lowest BCUT2D eigenvalue weighted by atomic mass is 10.2. The zero-order valence-corrected chi connectivity index (χ0v) is 14.7. The van der Waals surface area contributed by atoms with Crippen LogP contribution in [0, 0.1) is 0 Å². The van der Waals surface area contributed by atoms with Crippen molar-refractivity contribution in [3.8, 4) is 0 Å². The second-order valence-electron chi connectivity index (χ2n) is 3.87. The van der Waals surface area contributed by atoms with Crippen LogP contribution in [0.25, 0.3) is 0 Å². The van der Waals surface area contributed by atoms with Gasteiger partial charge in [0.25, 0.3) is 0 Å². The van der Waals surface area contributed by atoms with E-state index in [1.807, 2.05) is 4.72 Å². The molecule has 0 amide bonds. The number of halogens is 2. The summed E-state index contributed by atoms with van der Waals surface area (Å²) in [6.45, 7) is 0. The van der Waals surface area contributed by atoms with Crippen LogP contribution in [0.4, 0.5) is 0 Å². The maximum atomic E-state index is 12.2. The predicted octanol–water partition coefficient (Wildman–Crippen LogP) is 1.51. The molecule has 7 nitrogen and oxygen atoms in total. The summed E-state index contributed by atoms with van der Waals surface area (Å²) in [5, 5.41) is 8.99. The standard InChI is InChI=1S/C11H11Br2NO6S/c1-20-10(15)5-8(11(16)17)14-21(18,19)9-3-2-6(12)4-7(9)13/h2-4,8,14H,5H2,1H3,(H,16,17)/t8-/m0/s1. The van der Waals surface area contributed by atoms with E-state index in [9.17, 15) is 18.0 Å². The van der Waals surface area contributed by atoms with Gasteiger partial charge in [-0.1, -0.05) is 15.9 Å². The monoisotopic (exact) mass is 443 g/mol. The highest BCUT2D eigenvalue weighted by atomic mass is 79.9. The molecule has 1 rings (SSSR count). The fourth-order valence-corrected chi connectivity index (χ4v) is 4.31. The average molecular weight is 445 g/mol. The maximum absolute atomic E-state index is 12.2. The summed E-state index contributed by atoms with van der Waals surface area (Å²) in [6.07, 6.45) is -0.612. The zero-order valence-electron chi connectivity index (χ0n) is 10.7. The second kappa shape index (κ2) is 7.34. The Labute approximate surface area is 138 Å². The summed E-state index contributed by atoms with van der Waals surface area (Å²) in [4.78, 5) is 22.0. The topological polar surface area (TPSA) is 110 Å². The molecule has 0 saturated carbocycles. The molecule has 0 heterocycles. The molecule has 0 aliphatic carbocycles. The van der Waals surface area contributed by atoms with Crippen LogP contribution in [0.15, 0.2) is 32.0 Å². The van der Waals surface area contributed by atoms with Crippen molar-refractivity contribution in [1.82, 2.24) is 4.72 Å². The minimum Gasteiger partial charge on any atom is -0.480 e. The van der Waals surface area contributed by atoms with E-state index >= 15 is 0 Å². The molecule has 1 aromatic rings. The van der Waals surface area contributed by atoms with E-state index in [1.165, 1.54) is 18.2 Å². The molecule has 0 aliphatic heterocycles. The van der Waals surface area contributed by atoms with Crippen molar-refractivity contribution in [3.05, 3.63) is 27.1 Å². The first-order chi connectivity index (χ1) is 9.67. The highest BCUT2D eigenvalue weighted by Crippen LogP contribution is 2.25. The molecule has 0 unspecified atom stereocenters. The van der Waals surface area contributed by atoms with Crippen molar-refractivity contribution < 1.29 is 27.9 Å². The van der Waals surface area contributed by atoms with Crippen LogP contribution in [0.1, 0.15) is 6.42 Å². The predicted molar refractivity (Wildman–Crippen MR) is 80.2 cm³/mol. The van der Waals surface area contributed by atoms with Crippen molar-refractivity contribution in [2.45, 2.75) is 17.4 Å². The van der Waals surface area contributed by atoms with Gasteiger partial charge in [0.1, 0.15) is 6.04 Å². The van der Waals surface area contributed by atoms with Gasteiger partial charge in [0.05, 0.1) is 18.4 Å². The first-order valence-corrected chi connectivity index (χ1v) is 8.51. The zero-order chi connectivity index (χ0) is 16.2. The third kappa shape index (κ3) is 5.06. The maximum Gasteiger partial charge on any atom is 0.322 e. The van der Waals surface area contributed by atoms with E-state index in [-0.39, 0.29) is 9.37 Å². The first kappa shape index (κ1) is 18.1. The molecule has 10 heteroatoms. The number of hydrogen-bond donors (Lipinski definition) is 2. The number of sulfonamides is 1. The molecule has 21 heavy (non-hydrogen) atoms. The largest absolute Gasteiger partial charge is 0.480 e. The average Bonchev–Trinajstić information content (AvgIpc) is 2.36. The van der Waals surface area contributed by atoms with Crippen LogP contribution in [-0.2, 0) is 24.3 Å². The normalized spacial score (nSPS) is 12.7. The van der Waals surface area contributed by atoms with Gasteiger partial charge in [-0.2, -0.15) is 4.72 Å². The quantitative estimate of drug-likeness (QED) is 0.643. The second-order valence-corrected chi connectivity index (χ2v) is 7.32. The number of carbonyl (C=O) groups excluding carboxylic acids is 1. The fraction of sp³-hybridized carbons (Fsp3) is 0.273. The van der Waals surface area contributed by atoms with Gasteiger partial charge in [-0.25, -0.2) is 8.42 Å². The minimum atomic E-state index is -4.11. The number of methoxy groups -OCH3 is 1. The van der Waals surface area contributed by atoms with Gasteiger partial charge in [0.15, 0.2) is 0 Å². The molecule has 0 aliphatic rings. The van der Waals surface area contributed by atoms with Crippen molar-refractivity contribution in [3.63, 3.8) is 0 Å². The van der Waals surface area contributed by atoms with E-state index in [1.54, 1.807) is 0 Å². The van der Waals surface area contributed by atoms with Crippen LogP contribution in [0.3, 0.4) is 0 Å². The Kier molecular flexibility index (Phi) is 6.32. The Morgan fingerprint density at radius 2 is 2.00 bits per heavy atom. The van der Waals surface area contributed by atoms with Crippen molar-refractivity contribution in [2.24, 2.45) is 0 Å². The Balaban J connectivity index is 3.06. The Morgan fingerprint density at radius 1 is 1.38 bits per heavy atom. The summed E-state index contributed by atoms with van der Waals surface area (Å²) in [5.74, 6) is -2.31. The molecule has 0 saturated heterocycles. The number of benzene rings is 1. The molecular weight excluding hydrogens is 434 g/mol. The van der Waals surface area contributed by atoms with Gasteiger partial charge in [0, 0.05) is 8.95 Å². The van der Waals surface area contributed by atoms with Gasteiger partial charge in [-0.05, 0) is 34.1 Å². The fourth-order valence-electron chi connectivity index (χ4n) is 1.37. The molecule has 0 spiro atoms. The van der Waals surface area contributed by atoms with Crippen LogP contribution in [0.2, 0.25) is 0 Å². The van der Waals surface area contributed by atoms with Crippen LogP contribution < -0.4 is 4.72 Å². The lowest BCUT2D eigenvalue weighted by Crippen LogP contribution is -2.42. The highest BCUT2D eigenvalue weighted by molar-refractivity contribution is 9.11. The molecule has 116 valence electrons. The van der Waals surface area contributed by atoms with Crippen molar-refractivity contribution >= 4 is 53.8 Å². The number of ether oxygens (including phenoxy) is 1. The van der Waals surface area contributed by atoms with Gasteiger partial charge >= 0.3 is 11.9 Å². The van der Waals surface area contributed by atoms with Gasteiger partial charge in [0.2, 0.25) is 10.0 Å². The van der Waals surface area contributed by atoms with Crippen molar-refractivity contribution in [1.29, 1.82) is 0 Å². The Morgan fingerprint density at radius 3 is 2.48 bits per heavy atom. The van der Waals surface area contributed by atoms with Crippen LogP contribution >= 0.6 is 31.9 Å². The van der Waals surface area contributed by atoms with Crippen LogP contribution in [-0.4, -0.2) is 38.6 Å². The smallest absolute Gasteiger partial charge is 0.322 e. The third-order valence-electron chi connectivity index (χ3n) is 2.38. The number of rotatable bonds is 6. The molecular formula is C11H11Br2NO6S. The number of carboxylic acids is 1. The number of nitrogens with one attached hydrogen (secondary N) is 1. The van der Waals surface area contributed by atoms with Gasteiger partial charge in [-0.15, -0.1) is 0 Å². The molecule has 0 bridgehead atoms. The van der Waals surface area contributed by atoms with E-state index in [0.29, 0.717) is 4.47 Å². The summed E-state index contributed by atoms with van der Waals surface area (Å²) in [6, 6.07) is 2.69. The SMILES string of the molecule is COC(=O)C[C@H](NS(=O)(=O)c1ccc(Br)cc1Br)C(=O)O. The Hall–Kier alpha value is -0.970. The van der Waals surface area contributed by atoms with E-state index < -0.39 is 34.4 Å². The number of esters is 1. The van der Waals surface area contributed by atoms with Gasteiger partial charge in [-0.3, -0.25) is 9.59 Å². The van der Waals surface area contributed by atoms with Crippen molar-refractivity contribution in [2.75, 3.05) is 7.11 Å². The summed E-state index contributed by atoms with van der Waals surface area (Å²) < 4.78 is 31.6. The molecule has 2 N–H and O–H groups in total.